The lowest BCUT2D eigenvalue weighted by molar-refractivity contribution is 0.704. The van der Waals surface area contributed by atoms with Crippen molar-refractivity contribution >= 4 is 0 Å². The molecule has 74 valence electrons. The van der Waals surface area contributed by atoms with Crippen LogP contribution in [0.15, 0.2) is 23.3 Å². The molecular formula is C12H21N. The topological polar surface area (TPSA) is 12.0 Å². The fraction of sp³-hybridized carbons (Fsp3) is 0.667. The van der Waals surface area contributed by atoms with E-state index in [4.69, 9.17) is 0 Å². The number of hydrogen-bond donors (Lipinski definition) is 1. The van der Waals surface area contributed by atoms with Crippen LogP contribution in [0.3, 0.4) is 0 Å². The van der Waals surface area contributed by atoms with E-state index in [1.54, 1.807) is 5.57 Å². The van der Waals surface area contributed by atoms with Crippen LogP contribution in [0.5, 0.6) is 0 Å². The number of nitrogens with one attached hydrogen (secondary N) is 1. The maximum atomic E-state index is 3.16. The van der Waals surface area contributed by atoms with Crippen molar-refractivity contribution in [3.63, 3.8) is 0 Å². The third-order valence-electron chi connectivity index (χ3n) is 2.64. The molecule has 0 aromatic carbocycles. The Bertz CT molecular complexity index is 201. The van der Waals surface area contributed by atoms with E-state index < -0.39 is 0 Å². The van der Waals surface area contributed by atoms with Gasteiger partial charge in [0.2, 0.25) is 0 Å². The SMILES string of the molecule is CNCC/C=C(/C)C1=CCCCC1. The van der Waals surface area contributed by atoms with E-state index in [0.717, 1.165) is 13.0 Å². The van der Waals surface area contributed by atoms with Crippen LogP contribution in [-0.4, -0.2) is 13.6 Å². The average molecular weight is 179 g/mol. The predicted molar refractivity (Wildman–Crippen MR) is 58.9 cm³/mol. The summed E-state index contributed by atoms with van der Waals surface area (Å²) < 4.78 is 0. The van der Waals surface area contributed by atoms with Crippen LogP contribution in [0.2, 0.25) is 0 Å². The van der Waals surface area contributed by atoms with Crippen LogP contribution < -0.4 is 5.32 Å². The minimum atomic E-state index is 1.09. The molecule has 0 saturated heterocycles. The normalized spacial score (nSPS) is 18.6. The molecule has 0 radical (unpaired) electrons. The summed E-state index contributed by atoms with van der Waals surface area (Å²) in [5.41, 5.74) is 3.08. The second-order valence-corrected chi connectivity index (χ2v) is 3.75. The molecule has 0 bridgehead atoms. The van der Waals surface area contributed by atoms with Crippen LogP contribution >= 0.6 is 0 Å². The van der Waals surface area contributed by atoms with E-state index in [9.17, 15) is 0 Å². The first-order chi connectivity index (χ1) is 6.34. The van der Waals surface area contributed by atoms with Crippen LogP contribution in [0, 0.1) is 0 Å². The molecule has 1 N–H and O–H groups in total. The van der Waals surface area contributed by atoms with Crippen molar-refractivity contribution < 1.29 is 0 Å². The molecule has 13 heavy (non-hydrogen) atoms. The molecule has 0 heterocycles. The molecule has 0 saturated carbocycles. The van der Waals surface area contributed by atoms with Crippen molar-refractivity contribution in [3.05, 3.63) is 23.3 Å². The van der Waals surface area contributed by atoms with Gasteiger partial charge in [0.1, 0.15) is 0 Å². The van der Waals surface area contributed by atoms with Gasteiger partial charge in [0.15, 0.2) is 0 Å². The Morgan fingerprint density at radius 2 is 2.38 bits per heavy atom. The van der Waals surface area contributed by atoms with Crippen molar-refractivity contribution in [2.24, 2.45) is 0 Å². The highest BCUT2D eigenvalue weighted by Gasteiger charge is 2.04. The van der Waals surface area contributed by atoms with Gasteiger partial charge in [-0.15, -0.1) is 0 Å². The molecule has 1 heteroatoms. The first-order valence-corrected chi connectivity index (χ1v) is 5.35. The average Bonchev–Trinajstić information content (AvgIpc) is 2.19. The molecule has 0 aliphatic heterocycles. The molecule has 0 aromatic heterocycles. The third kappa shape index (κ3) is 3.77. The molecule has 1 aliphatic rings. The van der Waals surface area contributed by atoms with Crippen molar-refractivity contribution in [3.8, 4) is 0 Å². The summed E-state index contributed by atoms with van der Waals surface area (Å²) in [7, 11) is 2.00. The fourth-order valence-corrected chi connectivity index (χ4v) is 1.76. The van der Waals surface area contributed by atoms with Crippen molar-refractivity contribution in [1.29, 1.82) is 0 Å². The zero-order chi connectivity index (χ0) is 9.52. The Morgan fingerprint density at radius 1 is 1.54 bits per heavy atom. The van der Waals surface area contributed by atoms with Gasteiger partial charge in [-0.05, 0) is 58.2 Å². The first-order valence-electron chi connectivity index (χ1n) is 5.35. The summed E-state index contributed by atoms with van der Waals surface area (Å²) in [4.78, 5) is 0. The quantitative estimate of drug-likeness (QED) is 0.654. The highest BCUT2D eigenvalue weighted by Crippen LogP contribution is 2.23. The Balaban J connectivity index is 2.40. The summed E-state index contributed by atoms with van der Waals surface area (Å²) in [5.74, 6) is 0. The second-order valence-electron chi connectivity index (χ2n) is 3.75. The number of hydrogen-bond acceptors (Lipinski definition) is 1. The Labute approximate surface area is 81.9 Å². The Morgan fingerprint density at radius 3 is 3.00 bits per heavy atom. The molecule has 1 rings (SSSR count). The van der Waals surface area contributed by atoms with E-state index in [0.29, 0.717) is 0 Å². The predicted octanol–water partition coefficient (Wildman–Crippen LogP) is 3.04. The van der Waals surface area contributed by atoms with E-state index >= 15 is 0 Å². The first kappa shape index (κ1) is 10.5. The van der Waals surface area contributed by atoms with Gasteiger partial charge < -0.3 is 5.32 Å². The van der Waals surface area contributed by atoms with Crippen molar-refractivity contribution in [2.75, 3.05) is 13.6 Å². The fourth-order valence-electron chi connectivity index (χ4n) is 1.76. The zero-order valence-corrected chi connectivity index (χ0v) is 8.90. The minimum absolute atomic E-state index is 1.09. The molecule has 0 unspecified atom stereocenters. The monoisotopic (exact) mass is 179 g/mol. The van der Waals surface area contributed by atoms with Gasteiger partial charge in [-0.25, -0.2) is 0 Å². The van der Waals surface area contributed by atoms with Gasteiger partial charge in [-0.1, -0.05) is 17.7 Å². The van der Waals surface area contributed by atoms with Gasteiger partial charge in [-0.3, -0.25) is 0 Å². The van der Waals surface area contributed by atoms with Gasteiger partial charge in [0, 0.05) is 0 Å². The van der Waals surface area contributed by atoms with Crippen molar-refractivity contribution in [2.45, 2.75) is 39.0 Å². The smallest absolute Gasteiger partial charge is 0.00171 e. The largest absolute Gasteiger partial charge is 0.319 e. The summed E-state index contributed by atoms with van der Waals surface area (Å²) in [6.45, 7) is 3.33. The third-order valence-corrected chi connectivity index (χ3v) is 2.64. The molecule has 0 spiro atoms. The van der Waals surface area contributed by atoms with Crippen LogP contribution in [0.4, 0.5) is 0 Å². The second kappa shape index (κ2) is 5.98. The lowest BCUT2D eigenvalue weighted by Gasteiger charge is -2.13. The zero-order valence-electron chi connectivity index (χ0n) is 8.90. The maximum absolute atomic E-state index is 3.16. The van der Waals surface area contributed by atoms with E-state index in [1.807, 2.05) is 7.05 Å². The molecule has 0 atom stereocenters. The molecule has 1 nitrogen and oxygen atoms in total. The summed E-state index contributed by atoms with van der Waals surface area (Å²) in [6, 6.07) is 0. The van der Waals surface area contributed by atoms with E-state index in [-0.39, 0.29) is 0 Å². The van der Waals surface area contributed by atoms with Crippen LogP contribution in [0.25, 0.3) is 0 Å². The summed E-state index contributed by atoms with van der Waals surface area (Å²) >= 11 is 0. The van der Waals surface area contributed by atoms with Gasteiger partial charge in [-0.2, -0.15) is 0 Å². The summed E-state index contributed by atoms with van der Waals surface area (Å²) in [6.07, 6.45) is 11.3. The number of allylic oxidation sites excluding steroid dienone is 3. The van der Waals surface area contributed by atoms with E-state index in [1.165, 1.54) is 31.3 Å². The molecule has 0 fully saturated rings. The molecule has 0 aromatic rings. The van der Waals surface area contributed by atoms with E-state index in [2.05, 4.69) is 24.4 Å². The summed E-state index contributed by atoms with van der Waals surface area (Å²) in [5, 5.41) is 3.16. The highest BCUT2D eigenvalue weighted by atomic mass is 14.8. The molecule has 1 aliphatic carbocycles. The van der Waals surface area contributed by atoms with Crippen molar-refractivity contribution in [1.82, 2.24) is 5.32 Å². The Kier molecular flexibility index (Phi) is 4.84. The lowest BCUT2D eigenvalue weighted by Crippen LogP contribution is -2.06. The maximum Gasteiger partial charge on any atom is -0.00171 e. The molecule has 0 amide bonds. The minimum Gasteiger partial charge on any atom is -0.319 e. The lowest BCUT2D eigenvalue weighted by atomic mass is 9.94. The standard InChI is InChI=1S/C12H21N/c1-11(7-6-10-13-2)12-8-4-3-5-9-12/h7-8,13H,3-6,9-10H2,1-2H3/b11-7-. The molecular weight excluding hydrogens is 158 g/mol. The van der Waals surface area contributed by atoms with Gasteiger partial charge in [0.25, 0.3) is 0 Å². The van der Waals surface area contributed by atoms with Gasteiger partial charge in [0.05, 0.1) is 0 Å². The van der Waals surface area contributed by atoms with Crippen LogP contribution in [0.1, 0.15) is 39.0 Å². The Hall–Kier alpha value is -0.560. The highest BCUT2D eigenvalue weighted by molar-refractivity contribution is 5.29. The van der Waals surface area contributed by atoms with Crippen LogP contribution in [-0.2, 0) is 0 Å². The van der Waals surface area contributed by atoms with Gasteiger partial charge >= 0.3 is 0 Å². The number of rotatable bonds is 4.